The van der Waals surface area contributed by atoms with Crippen LogP contribution in [0.25, 0.3) is 0 Å². The molecule has 88 valence electrons. The molecule has 1 aliphatic rings. The largest absolute Gasteiger partial charge is 0.299 e. The van der Waals surface area contributed by atoms with Crippen molar-refractivity contribution in [3.05, 3.63) is 34.3 Å². The Hall–Kier alpha value is -0.530. The summed E-state index contributed by atoms with van der Waals surface area (Å²) in [6.45, 7) is 7.96. The van der Waals surface area contributed by atoms with Crippen LogP contribution in [-0.2, 0) is 6.54 Å². The Morgan fingerprint density at radius 2 is 1.94 bits per heavy atom. The van der Waals surface area contributed by atoms with E-state index < -0.39 is 0 Å². The predicted molar refractivity (Wildman–Crippen MR) is 69.9 cm³/mol. The van der Waals surface area contributed by atoms with E-state index in [-0.39, 0.29) is 0 Å². The second-order valence-corrected chi connectivity index (χ2v) is 5.53. The lowest BCUT2D eigenvalue weighted by Gasteiger charge is -2.30. The van der Waals surface area contributed by atoms with Gasteiger partial charge in [0.05, 0.1) is 0 Å². The van der Waals surface area contributed by atoms with E-state index in [0.29, 0.717) is 0 Å². The van der Waals surface area contributed by atoms with Gasteiger partial charge in [-0.25, -0.2) is 0 Å². The molecule has 0 unspecified atom stereocenters. The van der Waals surface area contributed by atoms with Gasteiger partial charge in [0.15, 0.2) is 0 Å². The summed E-state index contributed by atoms with van der Waals surface area (Å²) in [6, 6.07) is 6.35. The molecule has 0 spiro atoms. The second kappa shape index (κ2) is 5.20. The minimum Gasteiger partial charge on any atom is -0.299 e. The highest BCUT2D eigenvalue weighted by atomic mass is 35.5. The number of likely N-dealkylation sites (tertiary alicyclic amines) is 1. The van der Waals surface area contributed by atoms with Crippen LogP contribution in [0.4, 0.5) is 0 Å². The van der Waals surface area contributed by atoms with E-state index in [4.69, 9.17) is 11.6 Å². The highest BCUT2D eigenvalue weighted by molar-refractivity contribution is 6.30. The third-order valence-corrected chi connectivity index (χ3v) is 3.60. The molecule has 0 N–H and O–H groups in total. The van der Waals surface area contributed by atoms with Crippen molar-refractivity contribution in [1.82, 2.24) is 4.90 Å². The summed E-state index contributed by atoms with van der Waals surface area (Å²) in [6.07, 6.45) is 2.67. The molecule has 0 aromatic heterocycles. The Morgan fingerprint density at radius 1 is 1.25 bits per heavy atom. The molecule has 0 amide bonds. The van der Waals surface area contributed by atoms with Gasteiger partial charge in [-0.3, -0.25) is 4.90 Å². The zero-order valence-corrected chi connectivity index (χ0v) is 10.9. The standard InChI is InChI=1S/C14H20ClN/c1-11-3-5-16(6-4-11)10-13-7-12(2)8-14(15)9-13/h7-9,11H,3-6,10H2,1-2H3. The Balaban J connectivity index is 1.98. The van der Waals surface area contributed by atoms with Crippen LogP contribution in [0.1, 0.15) is 30.9 Å². The summed E-state index contributed by atoms with van der Waals surface area (Å²) < 4.78 is 0. The molecule has 0 radical (unpaired) electrons. The third-order valence-electron chi connectivity index (χ3n) is 3.38. The molecule has 2 rings (SSSR count). The fourth-order valence-electron chi connectivity index (χ4n) is 2.38. The van der Waals surface area contributed by atoms with Crippen LogP contribution in [0.15, 0.2) is 18.2 Å². The van der Waals surface area contributed by atoms with Gasteiger partial charge in [0.1, 0.15) is 0 Å². The number of aryl methyl sites for hydroxylation is 1. The first-order valence-corrected chi connectivity index (χ1v) is 6.50. The van der Waals surface area contributed by atoms with Gasteiger partial charge in [0.25, 0.3) is 0 Å². The molecule has 0 atom stereocenters. The second-order valence-electron chi connectivity index (χ2n) is 5.10. The minimum absolute atomic E-state index is 0.861. The first-order chi connectivity index (χ1) is 7.63. The van der Waals surface area contributed by atoms with E-state index in [2.05, 4.69) is 30.9 Å². The quantitative estimate of drug-likeness (QED) is 0.755. The molecular weight excluding hydrogens is 218 g/mol. The molecule has 1 saturated heterocycles. The van der Waals surface area contributed by atoms with Gasteiger partial charge in [-0.05, 0) is 62.0 Å². The van der Waals surface area contributed by atoms with Gasteiger partial charge in [0.2, 0.25) is 0 Å². The molecule has 1 heterocycles. The number of piperidine rings is 1. The topological polar surface area (TPSA) is 3.24 Å². The zero-order valence-electron chi connectivity index (χ0n) is 10.2. The van der Waals surface area contributed by atoms with Crippen LogP contribution in [0.3, 0.4) is 0 Å². The normalized spacial score (nSPS) is 18.9. The van der Waals surface area contributed by atoms with Crippen molar-refractivity contribution in [2.45, 2.75) is 33.2 Å². The lowest BCUT2D eigenvalue weighted by Crippen LogP contribution is -2.32. The highest BCUT2D eigenvalue weighted by Gasteiger charge is 2.15. The average Bonchev–Trinajstić information content (AvgIpc) is 2.20. The molecule has 1 aliphatic heterocycles. The van der Waals surface area contributed by atoms with E-state index in [1.807, 2.05) is 6.07 Å². The van der Waals surface area contributed by atoms with E-state index in [0.717, 1.165) is 17.5 Å². The molecule has 1 fully saturated rings. The van der Waals surface area contributed by atoms with Gasteiger partial charge in [-0.1, -0.05) is 24.6 Å². The SMILES string of the molecule is Cc1cc(Cl)cc(CN2CCC(C)CC2)c1. The number of rotatable bonds is 2. The smallest absolute Gasteiger partial charge is 0.0411 e. The third kappa shape index (κ3) is 3.23. The molecule has 1 nitrogen and oxygen atoms in total. The summed E-state index contributed by atoms with van der Waals surface area (Å²) in [4.78, 5) is 2.53. The first kappa shape index (κ1) is 11.9. The monoisotopic (exact) mass is 237 g/mol. The number of benzene rings is 1. The van der Waals surface area contributed by atoms with Crippen molar-refractivity contribution in [2.75, 3.05) is 13.1 Å². The van der Waals surface area contributed by atoms with Crippen molar-refractivity contribution in [3.63, 3.8) is 0 Å². The summed E-state index contributed by atoms with van der Waals surface area (Å²) in [7, 11) is 0. The van der Waals surface area contributed by atoms with E-state index in [9.17, 15) is 0 Å². The molecule has 0 bridgehead atoms. The van der Waals surface area contributed by atoms with E-state index >= 15 is 0 Å². The minimum atomic E-state index is 0.861. The molecule has 0 aliphatic carbocycles. The lowest BCUT2D eigenvalue weighted by atomic mass is 9.99. The fraction of sp³-hybridized carbons (Fsp3) is 0.571. The lowest BCUT2D eigenvalue weighted by molar-refractivity contribution is 0.185. The van der Waals surface area contributed by atoms with Gasteiger partial charge in [-0.15, -0.1) is 0 Å². The average molecular weight is 238 g/mol. The van der Waals surface area contributed by atoms with E-state index in [1.54, 1.807) is 0 Å². The molecule has 1 aromatic carbocycles. The van der Waals surface area contributed by atoms with Gasteiger partial charge >= 0.3 is 0 Å². The molecule has 1 aromatic rings. The molecular formula is C14H20ClN. The van der Waals surface area contributed by atoms with Crippen LogP contribution in [0, 0.1) is 12.8 Å². The Kier molecular flexibility index (Phi) is 3.88. The zero-order chi connectivity index (χ0) is 11.5. The summed E-state index contributed by atoms with van der Waals surface area (Å²) in [5.74, 6) is 0.900. The van der Waals surface area contributed by atoms with Crippen LogP contribution in [-0.4, -0.2) is 18.0 Å². The maximum Gasteiger partial charge on any atom is 0.0411 e. The van der Waals surface area contributed by atoms with Crippen molar-refractivity contribution >= 4 is 11.6 Å². The number of hydrogen-bond donors (Lipinski definition) is 0. The number of halogens is 1. The van der Waals surface area contributed by atoms with Crippen LogP contribution in [0.2, 0.25) is 5.02 Å². The van der Waals surface area contributed by atoms with E-state index in [1.165, 1.54) is 37.1 Å². The predicted octanol–water partition coefficient (Wildman–Crippen LogP) is 3.88. The Bertz CT molecular complexity index is 334. The summed E-state index contributed by atoms with van der Waals surface area (Å²) >= 11 is 6.07. The maximum atomic E-state index is 6.07. The summed E-state index contributed by atoms with van der Waals surface area (Å²) in [5.41, 5.74) is 2.60. The van der Waals surface area contributed by atoms with Crippen molar-refractivity contribution in [1.29, 1.82) is 0 Å². The Labute approximate surface area is 103 Å². The van der Waals surface area contributed by atoms with Gasteiger partial charge in [0, 0.05) is 11.6 Å². The van der Waals surface area contributed by atoms with Gasteiger partial charge in [-0.2, -0.15) is 0 Å². The van der Waals surface area contributed by atoms with Crippen molar-refractivity contribution in [3.8, 4) is 0 Å². The molecule has 2 heteroatoms. The van der Waals surface area contributed by atoms with Crippen LogP contribution < -0.4 is 0 Å². The maximum absolute atomic E-state index is 6.07. The molecule has 0 saturated carbocycles. The summed E-state index contributed by atoms with van der Waals surface area (Å²) in [5, 5.41) is 0.861. The van der Waals surface area contributed by atoms with Crippen molar-refractivity contribution in [2.24, 2.45) is 5.92 Å². The fourth-order valence-corrected chi connectivity index (χ4v) is 2.69. The molecule has 16 heavy (non-hydrogen) atoms. The van der Waals surface area contributed by atoms with Crippen molar-refractivity contribution < 1.29 is 0 Å². The van der Waals surface area contributed by atoms with Gasteiger partial charge < -0.3 is 0 Å². The van der Waals surface area contributed by atoms with Crippen LogP contribution >= 0.6 is 11.6 Å². The number of nitrogens with zero attached hydrogens (tertiary/aromatic N) is 1. The Morgan fingerprint density at radius 3 is 2.56 bits per heavy atom. The van der Waals surface area contributed by atoms with Crippen LogP contribution in [0.5, 0.6) is 0 Å². The highest BCUT2D eigenvalue weighted by Crippen LogP contribution is 2.20. The number of hydrogen-bond acceptors (Lipinski definition) is 1. The first-order valence-electron chi connectivity index (χ1n) is 6.12.